The van der Waals surface area contributed by atoms with Crippen LogP contribution < -0.4 is 5.73 Å². The Morgan fingerprint density at radius 1 is 1.60 bits per heavy atom. The van der Waals surface area contributed by atoms with Crippen LogP contribution in [0.2, 0.25) is 0 Å². The molecule has 0 amide bonds. The number of hydrogen-bond donors (Lipinski definition) is 2. The molecule has 2 nitrogen and oxygen atoms in total. The van der Waals surface area contributed by atoms with Crippen LogP contribution >= 0.6 is 15.9 Å². The van der Waals surface area contributed by atoms with E-state index in [1.165, 1.54) is 6.07 Å². The zero-order valence-corrected chi connectivity index (χ0v) is 10.4. The summed E-state index contributed by atoms with van der Waals surface area (Å²) in [5, 5.41) is 9.30. The Labute approximate surface area is 97.4 Å². The molecule has 3 N–H and O–H groups in total. The molecule has 0 spiro atoms. The molecule has 2 atom stereocenters. The summed E-state index contributed by atoms with van der Waals surface area (Å²) in [4.78, 5) is 0. The summed E-state index contributed by atoms with van der Waals surface area (Å²) in [6.07, 6.45) is -0.237. The van der Waals surface area contributed by atoms with Crippen molar-refractivity contribution in [3.05, 3.63) is 34.1 Å². The van der Waals surface area contributed by atoms with Crippen LogP contribution in [-0.4, -0.2) is 11.2 Å². The lowest BCUT2D eigenvalue weighted by atomic mass is 9.87. The molecule has 0 aliphatic heterocycles. The van der Waals surface area contributed by atoms with Crippen LogP contribution in [0.4, 0.5) is 4.39 Å². The Balaban J connectivity index is 3.08. The van der Waals surface area contributed by atoms with Crippen LogP contribution in [0.5, 0.6) is 0 Å². The molecule has 15 heavy (non-hydrogen) atoms. The third-order valence-corrected chi connectivity index (χ3v) is 2.76. The minimum atomic E-state index is -0.859. The van der Waals surface area contributed by atoms with E-state index in [4.69, 9.17) is 5.73 Å². The van der Waals surface area contributed by atoms with Gasteiger partial charge in [0.25, 0.3) is 0 Å². The number of nitrogens with two attached hydrogens (primary N) is 1. The highest BCUT2D eigenvalue weighted by atomic mass is 79.9. The van der Waals surface area contributed by atoms with Crippen LogP contribution in [0.1, 0.15) is 25.8 Å². The molecule has 0 saturated heterocycles. The van der Waals surface area contributed by atoms with Crippen LogP contribution in [0.25, 0.3) is 0 Å². The monoisotopic (exact) mass is 275 g/mol. The van der Waals surface area contributed by atoms with E-state index in [2.05, 4.69) is 15.9 Å². The minimum Gasteiger partial charge on any atom is -0.393 e. The minimum absolute atomic E-state index is 0.320. The fourth-order valence-electron chi connectivity index (χ4n) is 1.66. The maximum Gasteiger partial charge on any atom is 0.128 e. The number of halogens is 2. The van der Waals surface area contributed by atoms with Crippen molar-refractivity contribution in [2.75, 3.05) is 0 Å². The highest BCUT2D eigenvalue weighted by molar-refractivity contribution is 9.10. The van der Waals surface area contributed by atoms with E-state index >= 15 is 0 Å². The van der Waals surface area contributed by atoms with Crippen molar-refractivity contribution in [2.45, 2.75) is 31.9 Å². The molecule has 1 rings (SSSR count). The second-order valence-corrected chi connectivity index (χ2v) is 5.01. The van der Waals surface area contributed by atoms with Crippen LogP contribution in [0, 0.1) is 5.82 Å². The van der Waals surface area contributed by atoms with E-state index < -0.39 is 11.6 Å². The van der Waals surface area contributed by atoms with Gasteiger partial charge in [0.2, 0.25) is 0 Å². The molecule has 0 heterocycles. The van der Waals surface area contributed by atoms with E-state index in [1.54, 1.807) is 26.0 Å². The summed E-state index contributed by atoms with van der Waals surface area (Å²) in [6.45, 7) is 3.35. The van der Waals surface area contributed by atoms with Gasteiger partial charge in [-0.05, 0) is 38.5 Å². The van der Waals surface area contributed by atoms with Crippen molar-refractivity contribution in [3.8, 4) is 0 Å². The van der Waals surface area contributed by atoms with Crippen LogP contribution in [0.15, 0.2) is 22.7 Å². The van der Waals surface area contributed by atoms with Crippen molar-refractivity contribution in [1.29, 1.82) is 0 Å². The van der Waals surface area contributed by atoms with Crippen molar-refractivity contribution < 1.29 is 9.50 Å². The number of aliphatic hydroxyl groups excluding tert-OH is 1. The Bertz CT molecular complexity index is 352. The fourth-order valence-corrected chi connectivity index (χ4v) is 2.02. The highest BCUT2D eigenvalue weighted by Gasteiger charge is 2.26. The van der Waals surface area contributed by atoms with E-state index in [-0.39, 0.29) is 5.82 Å². The molecule has 4 heteroatoms. The third kappa shape index (κ3) is 3.26. The Morgan fingerprint density at radius 3 is 2.73 bits per heavy atom. The molecule has 0 aliphatic rings. The largest absolute Gasteiger partial charge is 0.393 e. The van der Waals surface area contributed by atoms with Gasteiger partial charge in [-0.1, -0.05) is 15.9 Å². The first-order valence-corrected chi connectivity index (χ1v) is 5.55. The smallest absolute Gasteiger partial charge is 0.128 e. The summed E-state index contributed by atoms with van der Waals surface area (Å²) < 4.78 is 14.3. The lowest BCUT2D eigenvalue weighted by molar-refractivity contribution is 0.152. The molecule has 0 saturated carbocycles. The fraction of sp³-hybridized carbons (Fsp3) is 0.455. The Kier molecular flexibility index (Phi) is 3.87. The first-order chi connectivity index (χ1) is 6.83. The van der Waals surface area contributed by atoms with E-state index in [0.29, 0.717) is 12.0 Å². The van der Waals surface area contributed by atoms with Crippen LogP contribution in [0.3, 0.4) is 0 Å². The van der Waals surface area contributed by atoms with E-state index in [0.717, 1.165) is 4.47 Å². The van der Waals surface area contributed by atoms with Crippen LogP contribution in [-0.2, 0) is 5.54 Å². The zero-order valence-electron chi connectivity index (χ0n) is 8.80. The summed E-state index contributed by atoms with van der Waals surface area (Å²) in [5.74, 6) is -0.344. The number of hydrogen-bond acceptors (Lipinski definition) is 2. The van der Waals surface area contributed by atoms with E-state index in [9.17, 15) is 9.50 Å². The van der Waals surface area contributed by atoms with Gasteiger partial charge in [-0.2, -0.15) is 0 Å². The van der Waals surface area contributed by atoms with Gasteiger partial charge < -0.3 is 10.8 Å². The number of aliphatic hydroxyl groups is 1. The lowest BCUT2D eigenvalue weighted by Crippen LogP contribution is -2.37. The molecule has 0 aromatic heterocycles. The van der Waals surface area contributed by atoms with Gasteiger partial charge in [0, 0.05) is 15.6 Å². The molecule has 0 fully saturated rings. The van der Waals surface area contributed by atoms with Crippen molar-refractivity contribution in [2.24, 2.45) is 5.73 Å². The van der Waals surface area contributed by atoms with Crippen molar-refractivity contribution >= 4 is 15.9 Å². The molecule has 0 radical (unpaired) electrons. The molecule has 0 aliphatic carbocycles. The molecule has 84 valence electrons. The standard InChI is InChI=1S/C11H15BrFNO/c1-7(15)6-11(2,14)9-5-8(12)3-4-10(9)13/h3-5,7,15H,6,14H2,1-2H3/t7-,11+/m0/s1. The van der Waals surface area contributed by atoms with Gasteiger partial charge >= 0.3 is 0 Å². The van der Waals surface area contributed by atoms with Gasteiger partial charge in [-0.15, -0.1) is 0 Å². The highest BCUT2D eigenvalue weighted by Crippen LogP contribution is 2.28. The zero-order chi connectivity index (χ0) is 11.6. The normalized spacial score (nSPS) is 17.2. The molecule has 0 bridgehead atoms. The van der Waals surface area contributed by atoms with Gasteiger partial charge in [-0.25, -0.2) is 4.39 Å². The maximum absolute atomic E-state index is 13.5. The summed E-state index contributed by atoms with van der Waals surface area (Å²) in [5.41, 5.74) is 5.54. The molecular weight excluding hydrogens is 261 g/mol. The molecule has 1 aromatic rings. The first kappa shape index (κ1) is 12.6. The van der Waals surface area contributed by atoms with Gasteiger partial charge in [0.1, 0.15) is 5.82 Å². The number of benzene rings is 1. The molecular formula is C11H15BrFNO. The van der Waals surface area contributed by atoms with Crippen molar-refractivity contribution in [1.82, 2.24) is 0 Å². The number of rotatable bonds is 3. The summed E-state index contributed by atoms with van der Waals surface area (Å²) >= 11 is 3.27. The molecule has 0 unspecified atom stereocenters. The molecule has 1 aromatic carbocycles. The third-order valence-electron chi connectivity index (χ3n) is 2.26. The lowest BCUT2D eigenvalue weighted by Gasteiger charge is -2.27. The van der Waals surface area contributed by atoms with Crippen molar-refractivity contribution in [3.63, 3.8) is 0 Å². The second kappa shape index (κ2) is 4.60. The maximum atomic E-state index is 13.5. The van der Waals surface area contributed by atoms with Gasteiger partial charge in [0.05, 0.1) is 6.10 Å². The topological polar surface area (TPSA) is 46.2 Å². The van der Waals surface area contributed by atoms with Gasteiger partial charge in [0.15, 0.2) is 0 Å². The quantitative estimate of drug-likeness (QED) is 0.891. The SMILES string of the molecule is C[C@H](O)C[C@@](C)(N)c1cc(Br)ccc1F. The summed E-state index contributed by atoms with van der Waals surface area (Å²) in [6, 6.07) is 4.64. The Hall–Kier alpha value is -0.450. The summed E-state index contributed by atoms with van der Waals surface area (Å²) in [7, 11) is 0. The van der Waals surface area contributed by atoms with Gasteiger partial charge in [-0.3, -0.25) is 0 Å². The predicted octanol–water partition coefficient (Wildman–Crippen LogP) is 2.53. The van der Waals surface area contributed by atoms with E-state index in [1.807, 2.05) is 0 Å². The Morgan fingerprint density at radius 2 is 2.20 bits per heavy atom. The average Bonchev–Trinajstić information content (AvgIpc) is 2.06. The average molecular weight is 276 g/mol. The first-order valence-electron chi connectivity index (χ1n) is 4.75. The predicted molar refractivity (Wildman–Crippen MR) is 61.9 cm³/mol. The second-order valence-electron chi connectivity index (χ2n) is 4.09.